The van der Waals surface area contributed by atoms with Crippen molar-refractivity contribution in [3.05, 3.63) is 39.6 Å². The molecule has 0 fully saturated rings. The van der Waals surface area contributed by atoms with Gasteiger partial charge in [0.25, 0.3) is 5.91 Å². The van der Waals surface area contributed by atoms with E-state index >= 15 is 0 Å². The Balaban J connectivity index is 1.65. The van der Waals surface area contributed by atoms with Crippen LogP contribution in [0.25, 0.3) is 0 Å². The molecular weight excluding hydrogens is 354 g/mol. The van der Waals surface area contributed by atoms with Gasteiger partial charge in [-0.15, -0.1) is 11.3 Å². The van der Waals surface area contributed by atoms with E-state index in [1.807, 2.05) is 6.07 Å². The number of anilines is 1. The first-order valence-corrected chi connectivity index (χ1v) is 9.19. The molecule has 2 aromatic rings. The van der Waals surface area contributed by atoms with E-state index in [9.17, 15) is 9.59 Å². The van der Waals surface area contributed by atoms with Gasteiger partial charge < -0.3 is 19.5 Å². The summed E-state index contributed by atoms with van der Waals surface area (Å²) < 4.78 is 15.7. The minimum Gasteiger partial charge on any atom is -0.497 e. The largest absolute Gasteiger partial charge is 0.497 e. The van der Waals surface area contributed by atoms with Crippen molar-refractivity contribution in [2.24, 2.45) is 0 Å². The van der Waals surface area contributed by atoms with Crippen molar-refractivity contribution in [3.8, 4) is 11.5 Å². The zero-order valence-electron chi connectivity index (χ0n) is 15.0. The first-order chi connectivity index (χ1) is 12.5. The van der Waals surface area contributed by atoms with Crippen molar-refractivity contribution in [1.29, 1.82) is 0 Å². The van der Waals surface area contributed by atoms with Crippen molar-refractivity contribution < 1.29 is 23.8 Å². The topological polar surface area (TPSA) is 73.9 Å². The van der Waals surface area contributed by atoms with Gasteiger partial charge in [0.1, 0.15) is 16.4 Å². The van der Waals surface area contributed by atoms with Crippen LogP contribution in [0.15, 0.2) is 24.3 Å². The summed E-state index contributed by atoms with van der Waals surface area (Å²) in [5.41, 5.74) is 1.68. The maximum Gasteiger partial charge on any atom is 0.349 e. The van der Waals surface area contributed by atoms with Crippen LogP contribution in [0.3, 0.4) is 0 Å². The molecule has 1 aromatic carbocycles. The summed E-state index contributed by atoms with van der Waals surface area (Å²) in [4.78, 5) is 26.5. The number of fused-ring (bicyclic) bond motifs is 1. The van der Waals surface area contributed by atoms with Crippen molar-refractivity contribution in [1.82, 2.24) is 0 Å². The number of esters is 1. The number of rotatable bonds is 6. The first-order valence-electron chi connectivity index (χ1n) is 8.37. The molecule has 6 nitrogen and oxygen atoms in total. The number of carbonyl (C=O) groups excluding carboxylic acids is 2. The van der Waals surface area contributed by atoms with Crippen molar-refractivity contribution in [2.45, 2.75) is 32.3 Å². The minimum atomic E-state index is -0.935. The first kappa shape index (κ1) is 18.3. The van der Waals surface area contributed by atoms with Gasteiger partial charge in [-0.25, -0.2) is 4.79 Å². The van der Waals surface area contributed by atoms with E-state index in [1.165, 1.54) is 36.0 Å². The number of amides is 1. The van der Waals surface area contributed by atoms with Crippen LogP contribution in [0.4, 0.5) is 5.69 Å². The van der Waals surface area contributed by atoms with E-state index in [0.717, 1.165) is 19.3 Å². The summed E-state index contributed by atoms with van der Waals surface area (Å²) in [5, 5.41) is 2.71. The third kappa shape index (κ3) is 3.83. The molecule has 0 bridgehead atoms. The summed E-state index contributed by atoms with van der Waals surface area (Å²) in [6, 6.07) is 6.95. The lowest BCUT2D eigenvalue weighted by Gasteiger charge is -2.15. The smallest absolute Gasteiger partial charge is 0.349 e. The molecule has 1 amide bonds. The highest BCUT2D eigenvalue weighted by molar-refractivity contribution is 7.14. The Labute approximate surface area is 156 Å². The Morgan fingerprint density at radius 2 is 1.96 bits per heavy atom. The summed E-state index contributed by atoms with van der Waals surface area (Å²) in [6.45, 7) is 1.54. The van der Waals surface area contributed by atoms with E-state index < -0.39 is 18.0 Å². The second kappa shape index (κ2) is 7.78. The van der Waals surface area contributed by atoms with Gasteiger partial charge in [0.05, 0.1) is 19.9 Å². The fourth-order valence-corrected chi connectivity index (χ4v) is 3.98. The van der Waals surface area contributed by atoms with Gasteiger partial charge >= 0.3 is 5.97 Å². The lowest BCUT2D eigenvalue weighted by Crippen LogP contribution is -2.30. The Morgan fingerprint density at radius 3 is 2.65 bits per heavy atom. The summed E-state index contributed by atoms with van der Waals surface area (Å²) >= 11 is 1.46. The van der Waals surface area contributed by atoms with Gasteiger partial charge in [0, 0.05) is 10.9 Å². The third-order valence-corrected chi connectivity index (χ3v) is 5.48. The van der Waals surface area contributed by atoms with Gasteiger partial charge in [-0.2, -0.15) is 0 Å². The highest BCUT2D eigenvalue weighted by Crippen LogP contribution is 2.31. The van der Waals surface area contributed by atoms with Crippen molar-refractivity contribution in [2.75, 3.05) is 19.5 Å². The lowest BCUT2D eigenvalue weighted by atomic mass is 10.2. The lowest BCUT2D eigenvalue weighted by molar-refractivity contribution is -0.123. The van der Waals surface area contributed by atoms with E-state index in [-0.39, 0.29) is 0 Å². The zero-order valence-corrected chi connectivity index (χ0v) is 15.8. The standard InChI is InChI=1S/C19H21NO5S/c1-11(25-19(22)17-9-12-5-4-6-16(12)26-17)18(21)20-14-10-13(23-2)7-8-15(14)24-3/h7-11H,4-6H2,1-3H3,(H,20,21). The highest BCUT2D eigenvalue weighted by Gasteiger charge is 2.24. The Morgan fingerprint density at radius 1 is 1.15 bits per heavy atom. The maximum atomic E-state index is 12.4. The number of benzene rings is 1. The normalized spacial score (nSPS) is 13.7. The molecule has 1 unspecified atom stereocenters. The molecule has 0 radical (unpaired) electrons. The predicted molar refractivity (Wildman–Crippen MR) is 99.4 cm³/mol. The van der Waals surface area contributed by atoms with Gasteiger partial charge in [-0.05, 0) is 49.9 Å². The highest BCUT2D eigenvalue weighted by atomic mass is 32.1. The SMILES string of the molecule is COc1ccc(OC)c(NC(=O)C(C)OC(=O)c2cc3c(s2)CCC3)c1. The zero-order chi connectivity index (χ0) is 18.7. The molecule has 0 aliphatic heterocycles. The van der Waals surface area contributed by atoms with Crippen molar-refractivity contribution in [3.63, 3.8) is 0 Å². The molecule has 7 heteroatoms. The van der Waals surface area contributed by atoms with E-state index in [2.05, 4.69) is 5.32 Å². The van der Waals surface area contributed by atoms with Crippen LogP contribution in [-0.4, -0.2) is 32.2 Å². The molecular formula is C19H21NO5S. The predicted octanol–water partition coefficient (Wildman–Crippen LogP) is 3.44. The average molecular weight is 375 g/mol. The number of nitrogens with one attached hydrogen (secondary N) is 1. The van der Waals surface area contributed by atoms with Crippen LogP contribution in [0.2, 0.25) is 0 Å². The molecule has 0 saturated heterocycles. The van der Waals surface area contributed by atoms with Gasteiger partial charge in [-0.3, -0.25) is 4.79 Å². The fourth-order valence-electron chi connectivity index (χ4n) is 2.85. The molecule has 1 heterocycles. The Bertz CT molecular complexity index is 808. The van der Waals surface area contributed by atoms with E-state index in [0.29, 0.717) is 22.1 Å². The van der Waals surface area contributed by atoms with Crippen LogP contribution in [-0.2, 0) is 22.4 Å². The molecule has 1 aliphatic carbocycles. The molecule has 1 N–H and O–H groups in total. The second-order valence-electron chi connectivity index (χ2n) is 6.02. The maximum absolute atomic E-state index is 12.4. The molecule has 0 spiro atoms. The Kier molecular flexibility index (Phi) is 5.46. The molecule has 1 atom stereocenters. The average Bonchev–Trinajstić information content (AvgIpc) is 3.23. The minimum absolute atomic E-state index is 0.436. The molecule has 26 heavy (non-hydrogen) atoms. The number of methoxy groups -OCH3 is 2. The van der Waals surface area contributed by atoms with Gasteiger partial charge in [0.2, 0.25) is 0 Å². The number of ether oxygens (including phenoxy) is 3. The summed E-state index contributed by atoms with van der Waals surface area (Å²) in [6.07, 6.45) is 2.22. The second-order valence-corrected chi connectivity index (χ2v) is 7.15. The Hall–Kier alpha value is -2.54. The van der Waals surface area contributed by atoms with Gasteiger partial charge in [-0.1, -0.05) is 0 Å². The van der Waals surface area contributed by atoms with Crippen LogP contribution in [0.1, 0.15) is 33.5 Å². The third-order valence-electron chi connectivity index (χ3n) is 4.27. The fraction of sp³-hybridized carbons (Fsp3) is 0.368. The van der Waals surface area contributed by atoms with E-state index in [1.54, 1.807) is 25.1 Å². The monoisotopic (exact) mass is 375 g/mol. The van der Waals surface area contributed by atoms with Gasteiger partial charge in [0.15, 0.2) is 6.10 Å². The number of hydrogen-bond acceptors (Lipinski definition) is 6. The molecule has 138 valence electrons. The number of hydrogen-bond donors (Lipinski definition) is 1. The number of carbonyl (C=O) groups is 2. The van der Waals surface area contributed by atoms with Crippen LogP contribution in [0, 0.1) is 0 Å². The van der Waals surface area contributed by atoms with E-state index in [4.69, 9.17) is 14.2 Å². The van der Waals surface area contributed by atoms with Crippen LogP contribution in [0.5, 0.6) is 11.5 Å². The summed E-state index contributed by atoms with van der Waals surface area (Å²) in [5.74, 6) is 0.171. The molecule has 0 saturated carbocycles. The molecule has 3 rings (SSSR count). The summed E-state index contributed by atoms with van der Waals surface area (Å²) in [7, 11) is 3.05. The van der Waals surface area contributed by atoms with Crippen LogP contribution >= 0.6 is 11.3 Å². The van der Waals surface area contributed by atoms with Crippen molar-refractivity contribution >= 4 is 28.9 Å². The number of thiophene rings is 1. The van der Waals surface area contributed by atoms with Crippen LogP contribution < -0.4 is 14.8 Å². The molecule has 1 aliphatic rings. The quantitative estimate of drug-likeness (QED) is 0.783. The number of aryl methyl sites for hydroxylation is 2. The molecule has 1 aromatic heterocycles.